The van der Waals surface area contributed by atoms with Crippen LogP contribution in [0.1, 0.15) is 18.1 Å². The van der Waals surface area contributed by atoms with Gasteiger partial charge in [0.15, 0.2) is 5.25 Å². The highest BCUT2D eigenvalue weighted by atomic mass is 79.9. The summed E-state index contributed by atoms with van der Waals surface area (Å²) in [7, 11) is -3.95. The quantitative estimate of drug-likeness (QED) is 0.884. The van der Waals surface area contributed by atoms with Crippen molar-refractivity contribution >= 4 is 37.6 Å². The van der Waals surface area contributed by atoms with E-state index in [1.165, 1.54) is 0 Å². The minimum atomic E-state index is -3.95. The summed E-state index contributed by atoms with van der Waals surface area (Å²) in [6.45, 7) is 4.76. The molecular weight excluding hydrogens is 322 g/mol. The van der Waals surface area contributed by atoms with Crippen LogP contribution in [0, 0.1) is 13.8 Å². The van der Waals surface area contributed by atoms with Crippen LogP contribution in [0.25, 0.3) is 0 Å². The van der Waals surface area contributed by atoms with Crippen LogP contribution in [0.2, 0.25) is 0 Å². The number of anilines is 1. The molecule has 0 aliphatic carbocycles. The predicted molar refractivity (Wildman–Crippen MR) is 73.3 cm³/mol. The Bertz CT molecular complexity index is 560. The maximum absolute atomic E-state index is 11.8. The summed E-state index contributed by atoms with van der Waals surface area (Å²) in [6, 6.07) is 3.57. The van der Waals surface area contributed by atoms with E-state index >= 15 is 0 Å². The van der Waals surface area contributed by atoms with Crippen molar-refractivity contribution in [3.05, 3.63) is 27.7 Å². The lowest BCUT2D eigenvalue weighted by atomic mass is 10.1. The van der Waals surface area contributed by atoms with E-state index in [2.05, 4.69) is 20.7 Å². The highest BCUT2D eigenvalue weighted by Crippen LogP contribution is 2.29. The fourth-order valence-electron chi connectivity index (χ4n) is 1.41. The molecule has 1 aromatic rings. The van der Waals surface area contributed by atoms with Crippen molar-refractivity contribution in [1.82, 2.24) is 0 Å². The fraction of sp³-hybridized carbons (Fsp3) is 0.364. The number of hydrogen-bond donors (Lipinski definition) is 2. The van der Waals surface area contributed by atoms with E-state index in [0.29, 0.717) is 10.2 Å². The maximum atomic E-state index is 11.8. The summed E-state index contributed by atoms with van der Waals surface area (Å²) in [4.78, 5) is 10.7. The van der Waals surface area contributed by atoms with E-state index in [1.54, 1.807) is 13.0 Å². The number of aliphatic carboxylic acids is 1. The summed E-state index contributed by atoms with van der Waals surface area (Å²) in [5.41, 5.74) is 2.07. The number of rotatable bonds is 4. The number of carbonyl (C=O) groups is 1. The molecule has 0 saturated carbocycles. The lowest BCUT2D eigenvalue weighted by Crippen LogP contribution is -2.32. The van der Waals surface area contributed by atoms with E-state index in [1.807, 2.05) is 13.0 Å². The topological polar surface area (TPSA) is 83.5 Å². The van der Waals surface area contributed by atoms with E-state index < -0.39 is 21.2 Å². The van der Waals surface area contributed by atoms with Crippen molar-refractivity contribution in [3.63, 3.8) is 0 Å². The zero-order chi connectivity index (χ0) is 14.1. The normalized spacial score (nSPS) is 13.1. The van der Waals surface area contributed by atoms with Gasteiger partial charge in [-0.1, -0.05) is 6.07 Å². The third-order valence-electron chi connectivity index (χ3n) is 2.49. The summed E-state index contributed by atoms with van der Waals surface area (Å²) >= 11 is 3.26. The Morgan fingerprint density at radius 1 is 1.39 bits per heavy atom. The first-order chi connectivity index (χ1) is 8.15. The second kappa shape index (κ2) is 5.27. The van der Waals surface area contributed by atoms with E-state index in [-0.39, 0.29) is 0 Å². The molecule has 18 heavy (non-hydrogen) atoms. The number of aryl methyl sites for hydroxylation is 2. The van der Waals surface area contributed by atoms with Crippen LogP contribution in [0.5, 0.6) is 0 Å². The highest BCUT2D eigenvalue weighted by molar-refractivity contribution is 9.10. The Morgan fingerprint density at radius 3 is 2.39 bits per heavy atom. The van der Waals surface area contributed by atoms with Gasteiger partial charge >= 0.3 is 5.97 Å². The van der Waals surface area contributed by atoms with E-state index in [0.717, 1.165) is 18.1 Å². The molecule has 0 amide bonds. The van der Waals surface area contributed by atoms with Crippen molar-refractivity contribution in [2.75, 3.05) is 4.72 Å². The molecule has 0 bridgehead atoms. The molecule has 0 spiro atoms. The summed E-state index contributed by atoms with van der Waals surface area (Å²) < 4.78 is 26.5. The van der Waals surface area contributed by atoms with E-state index in [9.17, 15) is 13.2 Å². The van der Waals surface area contributed by atoms with Gasteiger partial charge in [-0.2, -0.15) is 0 Å². The molecule has 1 atom stereocenters. The lowest BCUT2D eigenvalue weighted by Gasteiger charge is -2.15. The van der Waals surface area contributed by atoms with Gasteiger partial charge in [0.25, 0.3) is 0 Å². The van der Waals surface area contributed by atoms with Crippen LogP contribution in [0.15, 0.2) is 16.6 Å². The zero-order valence-corrected chi connectivity index (χ0v) is 12.6. The second-order valence-electron chi connectivity index (χ2n) is 4.07. The zero-order valence-electron chi connectivity index (χ0n) is 10.2. The molecule has 2 N–H and O–H groups in total. The Kier molecular flexibility index (Phi) is 4.39. The molecule has 0 aliphatic heterocycles. The number of hydrogen-bond acceptors (Lipinski definition) is 3. The first-order valence-electron chi connectivity index (χ1n) is 5.16. The van der Waals surface area contributed by atoms with Crippen LogP contribution in [0.3, 0.4) is 0 Å². The molecule has 0 saturated heterocycles. The molecule has 0 aliphatic rings. The first-order valence-corrected chi connectivity index (χ1v) is 7.50. The first kappa shape index (κ1) is 15.0. The van der Waals surface area contributed by atoms with Crippen LogP contribution < -0.4 is 4.72 Å². The Balaban J connectivity index is 3.17. The largest absolute Gasteiger partial charge is 0.480 e. The van der Waals surface area contributed by atoms with Gasteiger partial charge in [-0.3, -0.25) is 9.52 Å². The smallest absolute Gasteiger partial charge is 0.323 e. The van der Waals surface area contributed by atoms with Crippen LogP contribution >= 0.6 is 15.9 Å². The molecule has 7 heteroatoms. The average Bonchev–Trinajstić information content (AvgIpc) is 2.22. The molecular formula is C11H14BrNO4S. The number of carboxylic acid groups (broad SMARTS) is 1. The minimum Gasteiger partial charge on any atom is -0.480 e. The van der Waals surface area contributed by atoms with Gasteiger partial charge in [-0.05, 0) is 53.9 Å². The van der Waals surface area contributed by atoms with Crippen molar-refractivity contribution in [3.8, 4) is 0 Å². The standard InChI is InChI=1S/C11H14BrNO4S/c1-6-4-7(2)10(9(12)5-6)13-18(16,17)8(3)11(14)15/h4-5,8,13H,1-3H3,(H,14,15). The number of sulfonamides is 1. The van der Waals surface area contributed by atoms with Crippen molar-refractivity contribution in [2.45, 2.75) is 26.0 Å². The van der Waals surface area contributed by atoms with Crippen molar-refractivity contribution in [2.24, 2.45) is 0 Å². The summed E-state index contributed by atoms with van der Waals surface area (Å²) in [5.74, 6) is -1.39. The summed E-state index contributed by atoms with van der Waals surface area (Å²) in [6.07, 6.45) is 0. The monoisotopic (exact) mass is 335 g/mol. The number of halogens is 1. The second-order valence-corrected chi connectivity index (χ2v) is 6.92. The van der Waals surface area contributed by atoms with E-state index in [4.69, 9.17) is 5.11 Å². The van der Waals surface area contributed by atoms with Crippen LogP contribution in [0.4, 0.5) is 5.69 Å². The lowest BCUT2D eigenvalue weighted by molar-refractivity contribution is -0.136. The van der Waals surface area contributed by atoms with Gasteiger partial charge < -0.3 is 5.11 Å². The van der Waals surface area contributed by atoms with Crippen molar-refractivity contribution in [1.29, 1.82) is 0 Å². The molecule has 5 nitrogen and oxygen atoms in total. The third kappa shape index (κ3) is 3.23. The Labute approximate surface area is 114 Å². The fourth-order valence-corrected chi connectivity index (χ4v) is 3.31. The molecule has 1 rings (SSSR count). The number of carboxylic acids is 1. The summed E-state index contributed by atoms with van der Waals surface area (Å²) in [5, 5.41) is 7.24. The maximum Gasteiger partial charge on any atom is 0.323 e. The molecule has 0 aromatic heterocycles. The Morgan fingerprint density at radius 2 is 1.94 bits per heavy atom. The molecule has 0 heterocycles. The SMILES string of the molecule is Cc1cc(C)c(NS(=O)(=O)C(C)C(=O)O)c(Br)c1. The van der Waals surface area contributed by atoms with Gasteiger partial charge in [-0.25, -0.2) is 8.42 Å². The van der Waals surface area contributed by atoms with Crippen LogP contribution in [-0.2, 0) is 14.8 Å². The van der Waals surface area contributed by atoms with Crippen LogP contribution in [-0.4, -0.2) is 24.7 Å². The van der Waals surface area contributed by atoms with Gasteiger partial charge in [0.1, 0.15) is 0 Å². The highest BCUT2D eigenvalue weighted by Gasteiger charge is 2.28. The number of nitrogens with one attached hydrogen (secondary N) is 1. The number of benzene rings is 1. The minimum absolute atomic E-state index is 0.369. The molecule has 1 unspecified atom stereocenters. The molecule has 0 radical (unpaired) electrons. The Hall–Kier alpha value is -1.08. The van der Waals surface area contributed by atoms with Gasteiger partial charge in [0.2, 0.25) is 10.0 Å². The molecule has 0 fully saturated rings. The van der Waals surface area contributed by atoms with Gasteiger partial charge in [0.05, 0.1) is 5.69 Å². The molecule has 1 aromatic carbocycles. The average molecular weight is 336 g/mol. The van der Waals surface area contributed by atoms with Gasteiger partial charge in [0, 0.05) is 4.47 Å². The van der Waals surface area contributed by atoms with Gasteiger partial charge in [-0.15, -0.1) is 0 Å². The third-order valence-corrected chi connectivity index (χ3v) is 4.74. The molecule has 100 valence electrons. The predicted octanol–water partition coefficient (Wildman–Crippen LogP) is 2.28. The van der Waals surface area contributed by atoms with Crippen molar-refractivity contribution < 1.29 is 18.3 Å².